The number of ether oxygens (including phenoxy) is 1. The van der Waals surface area contributed by atoms with Gasteiger partial charge in [-0.2, -0.15) is 0 Å². The number of hydrogen-bond acceptors (Lipinski definition) is 4. The zero-order valence-electron chi connectivity index (χ0n) is 13.5. The minimum absolute atomic E-state index is 0.279. The topological polar surface area (TPSA) is 78.3 Å². The molecule has 25 heavy (non-hydrogen) atoms. The number of anilines is 2. The average Bonchev–Trinajstić information content (AvgIpc) is 2.59. The van der Waals surface area contributed by atoms with Crippen LogP contribution in [0.4, 0.5) is 28.9 Å². The van der Waals surface area contributed by atoms with Crippen LogP contribution in [0.5, 0.6) is 0 Å². The van der Waals surface area contributed by atoms with E-state index in [4.69, 9.17) is 16.2 Å². The minimum Gasteiger partial charge on any atom is -0.462 e. The molecule has 0 bridgehead atoms. The second-order valence-corrected chi connectivity index (χ2v) is 5.00. The molecule has 0 saturated carbocycles. The van der Waals surface area contributed by atoms with Gasteiger partial charge >= 0.3 is 5.97 Å². The van der Waals surface area contributed by atoms with Crippen LogP contribution in [0.2, 0.25) is 0 Å². The first-order valence-electron chi connectivity index (χ1n) is 7.39. The Morgan fingerprint density at radius 3 is 2.16 bits per heavy atom. The van der Waals surface area contributed by atoms with Crippen LogP contribution in [0.15, 0.2) is 30.3 Å². The molecule has 0 aromatic heterocycles. The van der Waals surface area contributed by atoms with E-state index in [2.05, 4.69) is 6.92 Å². The number of rotatable bonds is 4. The lowest BCUT2D eigenvalue weighted by Crippen LogP contribution is -2.06. The van der Waals surface area contributed by atoms with E-state index in [-0.39, 0.29) is 5.97 Å². The number of halogens is 4. The molecule has 0 aliphatic heterocycles. The molecule has 0 spiro atoms. The Morgan fingerprint density at radius 2 is 1.60 bits per heavy atom. The molecule has 2 aromatic carbocycles. The predicted octanol–water partition coefficient (Wildman–Crippen LogP) is 4.05. The second kappa shape index (κ2) is 9.51. The molecule has 4 nitrogen and oxygen atoms in total. The fourth-order valence-corrected chi connectivity index (χ4v) is 1.60. The Bertz CT molecular complexity index is 695. The molecule has 0 amide bonds. The van der Waals surface area contributed by atoms with E-state index in [0.29, 0.717) is 23.9 Å². The molecule has 136 valence electrons. The molecule has 2 aromatic rings. The van der Waals surface area contributed by atoms with Crippen molar-refractivity contribution in [2.24, 2.45) is 0 Å². The maximum Gasteiger partial charge on any atom is 0.338 e. The number of carbonyl (C=O) groups excluding carboxylic acids is 1. The first kappa shape index (κ1) is 20.3. The summed E-state index contributed by atoms with van der Waals surface area (Å²) < 4.78 is 53.8. The summed E-state index contributed by atoms with van der Waals surface area (Å²) in [5.74, 6) is -7.08. The summed E-state index contributed by atoms with van der Waals surface area (Å²) in [6, 6.07) is 7.10. The standard InChI is InChI=1S/C11H15NO2.C6H3F4N/c1-2-3-8-14-11(13)9-4-6-10(12)7-5-9;7-2-1-3(11)5(9)6(10)4(2)8/h4-7H,2-3,8,12H2,1H3;1H,11H2. The van der Waals surface area contributed by atoms with Crippen molar-refractivity contribution in [3.63, 3.8) is 0 Å². The van der Waals surface area contributed by atoms with E-state index >= 15 is 0 Å². The number of nitrogens with two attached hydrogens (primary N) is 2. The average molecular weight is 358 g/mol. The fourth-order valence-electron chi connectivity index (χ4n) is 1.60. The third-order valence-electron chi connectivity index (χ3n) is 3.01. The highest BCUT2D eigenvalue weighted by Gasteiger charge is 2.16. The summed E-state index contributed by atoms with van der Waals surface area (Å²) in [5, 5.41) is 0. The van der Waals surface area contributed by atoms with Crippen LogP contribution >= 0.6 is 0 Å². The fraction of sp³-hybridized carbons (Fsp3) is 0.235. The van der Waals surface area contributed by atoms with Crippen LogP contribution in [0.3, 0.4) is 0 Å². The smallest absolute Gasteiger partial charge is 0.338 e. The molecule has 0 heterocycles. The highest BCUT2D eigenvalue weighted by atomic mass is 19.2. The first-order valence-corrected chi connectivity index (χ1v) is 7.39. The molecule has 0 fully saturated rings. The number of benzene rings is 2. The number of nitrogen functional groups attached to an aromatic ring is 2. The molecule has 0 saturated heterocycles. The maximum atomic E-state index is 12.3. The normalized spacial score (nSPS) is 9.96. The van der Waals surface area contributed by atoms with Crippen LogP contribution in [-0.2, 0) is 4.74 Å². The summed E-state index contributed by atoms with van der Waals surface area (Å²) in [6.07, 6.45) is 1.93. The Kier molecular flexibility index (Phi) is 7.71. The van der Waals surface area contributed by atoms with Crippen molar-refractivity contribution in [3.05, 3.63) is 59.2 Å². The summed E-state index contributed by atoms with van der Waals surface area (Å²) in [7, 11) is 0. The molecule has 0 aliphatic carbocycles. The van der Waals surface area contributed by atoms with Crippen molar-refractivity contribution < 1.29 is 27.1 Å². The van der Waals surface area contributed by atoms with Crippen LogP contribution in [-0.4, -0.2) is 12.6 Å². The lowest BCUT2D eigenvalue weighted by Gasteiger charge is -2.03. The van der Waals surface area contributed by atoms with Gasteiger partial charge in [0.05, 0.1) is 17.9 Å². The Morgan fingerprint density at radius 1 is 1.00 bits per heavy atom. The predicted molar refractivity (Wildman–Crippen MR) is 86.7 cm³/mol. The van der Waals surface area contributed by atoms with Crippen molar-refractivity contribution in [2.45, 2.75) is 19.8 Å². The molecular weight excluding hydrogens is 340 g/mol. The first-order chi connectivity index (χ1) is 11.8. The minimum atomic E-state index is -1.89. The third kappa shape index (κ3) is 5.98. The number of esters is 1. The molecule has 0 radical (unpaired) electrons. The molecule has 4 N–H and O–H groups in total. The van der Waals surface area contributed by atoms with Gasteiger partial charge in [-0.1, -0.05) is 13.3 Å². The van der Waals surface area contributed by atoms with Crippen LogP contribution in [0.1, 0.15) is 30.1 Å². The Hall–Kier alpha value is -2.77. The molecule has 0 unspecified atom stereocenters. The van der Waals surface area contributed by atoms with Crippen molar-refractivity contribution >= 4 is 17.3 Å². The van der Waals surface area contributed by atoms with Crippen molar-refractivity contribution in [1.82, 2.24) is 0 Å². The summed E-state index contributed by atoms with van der Waals surface area (Å²) in [4.78, 5) is 11.4. The zero-order chi connectivity index (χ0) is 19.0. The van der Waals surface area contributed by atoms with Gasteiger partial charge < -0.3 is 16.2 Å². The van der Waals surface area contributed by atoms with E-state index in [9.17, 15) is 22.4 Å². The SMILES string of the molecule is CCCCOC(=O)c1ccc(N)cc1.Nc1cc(F)c(F)c(F)c1F. The molecule has 0 atom stereocenters. The van der Waals surface area contributed by atoms with Gasteiger partial charge in [0.1, 0.15) is 0 Å². The third-order valence-corrected chi connectivity index (χ3v) is 3.01. The van der Waals surface area contributed by atoms with Gasteiger partial charge in [0, 0.05) is 11.8 Å². The lowest BCUT2D eigenvalue weighted by molar-refractivity contribution is 0.0500. The molecule has 2 rings (SSSR count). The van der Waals surface area contributed by atoms with E-state index < -0.39 is 29.0 Å². The summed E-state index contributed by atoms with van der Waals surface area (Å²) in [6.45, 7) is 2.54. The van der Waals surface area contributed by atoms with Crippen molar-refractivity contribution in [3.8, 4) is 0 Å². The monoisotopic (exact) mass is 358 g/mol. The van der Waals surface area contributed by atoms with Gasteiger partial charge in [-0.3, -0.25) is 0 Å². The molecule has 0 aliphatic rings. The van der Waals surface area contributed by atoms with Crippen LogP contribution in [0, 0.1) is 23.3 Å². The van der Waals surface area contributed by atoms with Crippen LogP contribution < -0.4 is 11.5 Å². The van der Waals surface area contributed by atoms with Gasteiger partial charge in [0.25, 0.3) is 0 Å². The Labute approximate surface area is 142 Å². The van der Waals surface area contributed by atoms with E-state index in [1.807, 2.05) is 0 Å². The van der Waals surface area contributed by atoms with Crippen molar-refractivity contribution in [1.29, 1.82) is 0 Å². The van der Waals surface area contributed by atoms with Gasteiger partial charge in [0.15, 0.2) is 23.3 Å². The lowest BCUT2D eigenvalue weighted by atomic mass is 10.2. The summed E-state index contributed by atoms with van der Waals surface area (Å²) >= 11 is 0. The Balaban J connectivity index is 0.000000257. The largest absolute Gasteiger partial charge is 0.462 e. The van der Waals surface area contributed by atoms with E-state index in [1.54, 1.807) is 24.3 Å². The van der Waals surface area contributed by atoms with E-state index in [0.717, 1.165) is 12.8 Å². The van der Waals surface area contributed by atoms with Crippen molar-refractivity contribution in [2.75, 3.05) is 18.1 Å². The van der Waals surface area contributed by atoms with Gasteiger partial charge in [-0.25, -0.2) is 22.4 Å². The highest BCUT2D eigenvalue weighted by molar-refractivity contribution is 5.89. The maximum absolute atomic E-state index is 12.3. The number of carbonyl (C=O) groups is 1. The molecule has 8 heteroatoms. The number of unbranched alkanes of at least 4 members (excludes halogenated alkanes) is 1. The van der Waals surface area contributed by atoms with Crippen LogP contribution in [0.25, 0.3) is 0 Å². The quantitative estimate of drug-likeness (QED) is 0.216. The highest BCUT2D eigenvalue weighted by Crippen LogP contribution is 2.19. The zero-order valence-corrected chi connectivity index (χ0v) is 13.5. The number of hydrogen-bond donors (Lipinski definition) is 2. The molecular formula is C17H18F4N2O2. The van der Waals surface area contributed by atoms with Gasteiger partial charge in [0.2, 0.25) is 0 Å². The second-order valence-electron chi connectivity index (χ2n) is 5.00. The van der Waals surface area contributed by atoms with Gasteiger partial charge in [-0.05, 0) is 30.7 Å². The van der Waals surface area contributed by atoms with E-state index in [1.165, 1.54) is 0 Å². The summed E-state index contributed by atoms with van der Waals surface area (Å²) in [5.41, 5.74) is 10.7. The van der Waals surface area contributed by atoms with Gasteiger partial charge in [-0.15, -0.1) is 0 Å².